The van der Waals surface area contributed by atoms with Crippen LogP contribution in [-0.2, 0) is 0 Å². The van der Waals surface area contributed by atoms with Crippen molar-refractivity contribution in [1.82, 2.24) is 0 Å². The second kappa shape index (κ2) is 6.48. The molecular weight excluding hydrogens is 304 g/mol. The maximum absolute atomic E-state index is 13.4. The minimum atomic E-state index is -0.948. The highest BCUT2D eigenvalue weighted by Gasteiger charge is 2.15. The quantitative estimate of drug-likeness (QED) is 0.637. The zero-order valence-electron chi connectivity index (χ0n) is 10.6. The Labute approximate surface area is 115 Å². The average molecular weight is 322 g/mol. The van der Waals surface area contributed by atoms with Gasteiger partial charge in [-0.3, -0.25) is 0 Å². The van der Waals surface area contributed by atoms with E-state index in [2.05, 4.69) is 29.8 Å². The van der Waals surface area contributed by atoms with Gasteiger partial charge >= 0.3 is 0 Å². The topological polar surface area (TPSA) is 35.2 Å². The molecule has 0 aliphatic carbocycles. The molecule has 18 heavy (non-hydrogen) atoms. The van der Waals surface area contributed by atoms with Gasteiger partial charge in [-0.15, -0.1) is 0 Å². The molecule has 1 rings (SSSR count). The maximum Gasteiger partial charge on any atom is 0.200 e. The van der Waals surface area contributed by atoms with Gasteiger partial charge in [0.05, 0.1) is 6.61 Å². The van der Waals surface area contributed by atoms with Crippen LogP contribution < -0.4 is 10.5 Å². The van der Waals surface area contributed by atoms with Crippen LogP contribution in [0.25, 0.3) is 0 Å². The number of benzene rings is 1. The Morgan fingerprint density at radius 3 is 2.61 bits per heavy atom. The largest absolute Gasteiger partial charge is 0.490 e. The first-order chi connectivity index (χ1) is 8.35. The fourth-order valence-electron chi connectivity index (χ4n) is 1.47. The van der Waals surface area contributed by atoms with E-state index in [0.717, 1.165) is 18.9 Å². The first-order valence-corrected chi connectivity index (χ1v) is 6.62. The molecule has 0 aromatic heterocycles. The van der Waals surface area contributed by atoms with Crippen molar-refractivity contribution in [3.63, 3.8) is 0 Å². The van der Waals surface area contributed by atoms with Gasteiger partial charge in [0.1, 0.15) is 0 Å². The van der Waals surface area contributed by atoms with Gasteiger partial charge in [0.25, 0.3) is 0 Å². The predicted molar refractivity (Wildman–Crippen MR) is 71.6 cm³/mol. The summed E-state index contributed by atoms with van der Waals surface area (Å²) in [5, 5.41) is 0. The van der Waals surface area contributed by atoms with Gasteiger partial charge < -0.3 is 10.5 Å². The highest BCUT2D eigenvalue weighted by atomic mass is 79.9. The molecule has 0 atom stereocenters. The third-order valence-corrected chi connectivity index (χ3v) is 3.23. The number of halogens is 3. The van der Waals surface area contributed by atoms with Crippen molar-refractivity contribution in [1.29, 1.82) is 0 Å². The van der Waals surface area contributed by atoms with Crippen molar-refractivity contribution in [3.8, 4) is 5.75 Å². The number of ether oxygens (including phenoxy) is 1. The molecule has 5 heteroatoms. The molecule has 0 amide bonds. The summed E-state index contributed by atoms with van der Waals surface area (Å²) >= 11 is 3.10. The Hall–Kier alpha value is -0.680. The molecule has 0 saturated carbocycles. The van der Waals surface area contributed by atoms with E-state index in [-0.39, 0.29) is 11.2 Å². The number of nitrogens with two attached hydrogens (primary N) is 1. The van der Waals surface area contributed by atoms with Gasteiger partial charge in [0, 0.05) is 4.47 Å². The van der Waals surface area contributed by atoms with Crippen LogP contribution in [0.5, 0.6) is 5.75 Å². The summed E-state index contributed by atoms with van der Waals surface area (Å²) in [4.78, 5) is 0. The summed E-state index contributed by atoms with van der Waals surface area (Å²) in [5.41, 5.74) is 5.65. The molecule has 1 aromatic rings. The molecule has 0 unspecified atom stereocenters. The fraction of sp³-hybridized carbons (Fsp3) is 0.538. The lowest BCUT2D eigenvalue weighted by molar-refractivity contribution is 0.250. The first kappa shape index (κ1) is 15.4. The molecule has 0 radical (unpaired) electrons. The van der Waals surface area contributed by atoms with Crippen molar-refractivity contribution in [2.75, 3.05) is 13.2 Å². The second-order valence-corrected chi connectivity index (χ2v) is 5.94. The summed E-state index contributed by atoms with van der Waals surface area (Å²) in [5.74, 6) is -1.93. The Kier molecular flexibility index (Phi) is 5.53. The van der Waals surface area contributed by atoms with Crippen molar-refractivity contribution >= 4 is 15.9 Å². The van der Waals surface area contributed by atoms with E-state index >= 15 is 0 Å². The zero-order valence-corrected chi connectivity index (χ0v) is 12.2. The van der Waals surface area contributed by atoms with Crippen LogP contribution in [0.1, 0.15) is 26.7 Å². The molecule has 0 spiro atoms. The SMILES string of the molecule is CC(C)(CN)CCCOc1cc(Br)cc(F)c1F. The molecule has 0 aliphatic rings. The predicted octanol–water partition coefficient (Wildman–Crippen LogP) is 3.87. The summed E-state index contributed by atoms with van der Waals surface area (Å²) in [6, 6.07) is 2.49. The Balaban J connectivity index is 2.50. The van der Waals surface area contributed by atoms with Crippen molar-refractivity contribution < 1.29 is 13.5 Å². The van der Waals surface area contributed by atoms with E-state index in [1.807, 2.05) is 0 Å². The third-order valence-electron chi connectivity index (χ3n) is 2.77. The van der Waals surface area contributed by atoms with E-state index in [0.29, 0.717) is 17.6 Å². The van der Waals surface area contributed by atoms with Gasteiger partial charge in [0.2, 0.25) is 5.82 Å². The summed E-state index contributed by atoms with van der Waals surface area (Å²) in [6.07, 6.45) is 1.62. The summed E-state index contributed by atoms with van der Waals surface area (Å²) in [6.45, 7) is 5.06. The Bertz CT molecular complexity index is 410. The van der Waals surface area contributed by atoms with E-state index in [9.17, 15) is 8.78 Å². The molecule has 2 N–H and O–H groups in total. The minimum absolute atomic E-state index is 0.0461. The molecule has 0 heterocycles. The Morgan fingerprint density at radius 1 is 1.33 bits per heavy atom. The Morgan fingerprint density at radius 2 is 2.00 bits per heavy atom. The lowest BCUT2D eigenvalue weighted by atomic mass is 9.88. The van der Waals surface area contributed by atoms with Crippen LogP contribution in [-0.4, -0.2) is 13.2 Å². The van der Waals surface area contributed by atoms with Crippen molar-refractivity contribution in [3.05, 3.63) is 28.2 Å². The normalized spacial score (nSPS) is 11.7. The van der Waals surface area contributed by atoms with Gasteiger partial charge in [-0.05, 0) is 36.9 Å². The standard InChI is InChI=1S/C13H18BrF2NO/c1-13(2,8-17)4-3-5-18-11-7-9(14)6-10(15)12(11)16/h6-7H,3-5,8,17H2,1-2H3. The molecular formula is C13H18BrF2NO. The lowest BCUT2D eigenvalue weighted by Crippen LogP contribution is -2.24. The van der Waals surface area contributed by atoms with E-state index in [4.69, 9.17) is 10.5 Å². The van der Waals surface area contributed by atoms with Crippen LogP contribution in [0.3, 0.4) is 0 Å². The second-order valence-electron chi connectivity index (χ2n) is 5.02. The van der Waals surface area contributed by atoms with Crippen molar-refractivity contribution in [2.45, 2.75) is 26.7 Å². The van der Waals surface area contributed by atoms with Gasteiger partial charge in [0.15, 0.2) is 11.6 Å². The minimum Gasteiger partial charge on any atom is -0.490 e. The summed E-state index contributed by atoms with van der Waals surface area (Å²) < 4.78 is 32.2. The highest BCUT2D eigenvalue weighted by molar-refractivity contribution is 9.10. The highest BCUT2D eigenvalue weighted by Crippen LogP contribution is 2.26. The van der Waals surface area contributed by atoms with Crippen molar-refractivity contribution in [2.24, 2.45) is 11.1 Å². The van der Waals surface area contributed by atoms with Crippen LogP contribution in [0.4, 0.5) is 8.78 Å². The number of rotatable bonds is 6. The molecule has 0 aliphatic heterocycles. The van der Waals surface area contributed by atoms with Crippen LogP contribution in [0.2, 0.25) is 0 Å². The average Bonchev–Trinajstić information content (AvgIpc) is 2.30. The molecule has 0 bridgehead atoms. The fourth-order valence-corrected chi connectivity index (χ4v) is 1.88. The van der Waals surface area contributed by atoms with Crippen LogP contribution >= 0.6 is 15.9 Å². The molecule has 102 valence electrons. The monoisotopic (exact) mass is 321 g/mol. The first-order valence-electron chi connectivity index (χ1n) is 5.83. The molecule has 0 fully saturated rings. The van der Waals surface area contributed by atoms with E-state index in [1.165, 1.54) is 6.07 Å². The lowest BCUT2D eigenvalue weighted by Gasteiger charge is -2.21. The number of hydrogen-bond acceptors (Lipinski definition) is 2. The summed E-state index contributed by atoms with van der Waals surface area (Å²) in [7, 11) is 0. The van der Waals surface area contributed by atoms with E-state index in [1.54, 1.807) is 0 Å². The molecule has 0 saturated heterocycles. The maximum atomic E-state index is 13.4. The number of hydrogen-bond donors (Lipinski definition) is 1. The van der Waals surface area contributed by atoms with Crippen LogP contribution in [0, 0.1) is 17.0 Å². The smallest absolute Gasteiger partial charge is 0.200 e. The van der Waals surface area contributed by atoms with E-state index < -0.39 is 11.6 Å². The van der Waals surface area contributed by atoms with Crippen LogP contribution in [0.15, 0.2) is 16.6 Å². The van der Waals surface area contributed by atoms with Gasteiger partial charge in [-0.1, -0.05) is 29.8 Å². The molecule has 1 aromatic carbocycles. The van der Waals surface area contributed by atoms with Gasteiger partial charge in [-0.25, -0.2) is 4.39 Å². The molecule has 2 nitrogen and oxygen atoms in total. The van der Waals surface area contributed by atoms with Gasteiger partial charge in [-0.2, -0.15) is 4.39 Å². The zero-order chi connectivity index (χ0) is 13.8. The third kappa shape index (κ3) is 4.53.